The van der Waals surface area contributed by atoms with Crippen LogP contribution in [0.2, 0.25) is 0 Å². The fraction of sp³-hybridized carbons (Fsp3) is 0.455. The van der Waals surface area contributed by atoms with Crippen LogP contribution in [0.15, 0.2) is 18.2 Å². The van der Waals surface area contributed by atoms with Crippen molar-refractivity contribution in [2.24, 2.45) is 5.73 Å². The first-order chi connectivity index (χ1) is 7.04. The van der Waals surface area contributed by atoms with Gasteiger partial charge in [0.25, 0.3) is 0 Å². The number of anilines is 1. The standard InChI is InChI=1S/C11H18N2O2/c1-7-4-8(6-9(13)5-7)11(15)10(14)2-3-12/h4-6,10-11,14-15H,2-3,12-13H2,1H3. The average Bonchev–Trinajstić information content (AvgIpc) is 2.15. The Balaban J connectivity index is 2.85. The minimum atomic E-state index is -0.921. The lowest BCUT2D eigenvalue weighted by Crippen LogP contribution is -2.21. The van der Waals surface area contributed by atoms with Crippen molar-refractivity contribution in [1.29, 1.82) is 0 Å². The van der Waals surface area contributed by atoms with Gasteiger partial charge in [-0.2, -0.15) is 0 Å². The molecule has 0 aliphatic rings. The lowest BCUT2D eigenvalue weighted by Gasteiger charge is -2.18. The zero-order chi connectivity index (χ0) is 11.4. The highest BCUT2D eigenvalue weighted by Gasteiger charge is 2.17. The number of nitrogen functional groups attached to an aromatic ring is 1. The molecule has 0 saturated heterocycles. The van der Waals surface area contributed by atoms with E-state index in [1.807, 2.05) is 13.0 Å². The predicted molar refractivity (Wildman–Crippen MR) is 60.2 cm³/mol. The van der Waals surface area contributed by atoms with Crippen LogP contribution in [0.1, 0.15) is 23.7 Å². The zero-order valence-corrected chi connectivity index (χ0v) is 8.85. The summed E-state index contributed by atoms with van der Waals surface area (Å²) in [6, 6.07) is 5.28. The van der Waals surface area contributed by atoms with Gasteiger partial charge in [0.15, 0.2) is 0 Å². The second-order valence-electron chi connectivity index (χ2n) is 3.77. The summed E-state index contributed by atoms with van der Waals surface area (Å²) < 4.78 is 0. The minimum Gasteiger partial charge on any atom is -0.399 e. The fourth-order valence-corrected chi connectivity index (χ4v) is 1.56. The van der Waals surface area contributed by atoms with Gasteiger partial charge in [-0.15, -0.1) is 0 Å². The van der Waals surface area contributed by atoms with Crippen LogP contribution in [0.4, 0.5) is 5.69 Å². The van der Waals surface area contributed by atoms with Gasteiger partial charge in [-0.1, -0.05) is 6.07 Å². The van der Waals surface area contributed by atoms with Crippen LogP contribution in [-0.4, -0.2) is 22.9 Å². The molecule has 4 heteroatoms. The molecule has 84 valence electrons. The summed E-state index contributed by atoms with van der Waals surface area (Å²) >= 11 is 0. The van der Waals surface area contributed by atoms with E-state index in [2.05, 4.69) is 0 Å². The Bertz CT molecular complexity index is 308. The van der Waals surface area contributed by atoms with E-state index in [4.69, 9.17) is 11.5 Å². The molecule has 0 aliphatic heterocycles. The summed E-state index contributed by atoms with van der Waals surface area (Å²) in [6.45, 7) is 2.24. The Morgan fingerprint density at radius 3 is 2.47 bits per heavy atom. The van der Waals surface area contributed by atoms with Crippen molar-refractivity contribution in [3.05, 3.63) is 29.3 Å². The topological polar surface area (TPSA) is 92.5 Å². The van der Waals surface area contributed by atoms with Crippen LogP contribution in [0.5, 0.6) is 0 Å². The van der Waals surface area contributed by atoms with Crippen LogP contribution in [0, 0.1) is 6.92 Å². The third-order valence-corrected chi connectivity index (χ3v) is 2.29. The first kappa shape index (κ1) is 12.0. The molecule has 6 N–H and O–H groups in total. The van der Waals surface area contributed by atoms with Gasteiger partial charge in [0.2, 0.25) is 0 Å². The van der Waals surface area contributed by atoms with Crippen molar-refractivity contribution in [2.45, 2.75) is 25.6 Å². The molecule has 0 aromatic heterocycles. The highest BCUT2D eigenvalue weighted by Crippen LogP contribution is 2.22. The summed E-state index contributed by atoms with van der Waals surface area (Å²) in [7, 11) is 0. The molecule has 1 aromatic carbocycles. The number of hydrogen-bond acceptors (Lipinski definition) is 4. The molecule has 15 heavy (non-hydrogen) atoms. The quantitative estimate of drug-likeness (QED) is 0.538. The lowest BCUT2D eigenvalue weighted by molar-refractivity contribution is 0.0150. The van der Waals surface area contributed by atoms with Gasteiger partial charge in [-0.25, -0.2) is 0 Å². The summed E-state index contributed by atoms with van der Waals surface area (Å²) in [6.07, 6.45) is -1.39. The third kappa shape index (κ3) is 3.20. The number of rotatable bonds is 4. The molecule has 2 unspecified atom stereocenters. The molecule has 2 atom stereocenters. The predicted octanol–water partition coefficient (Wildman–Crippen LogP) is 0.320. The molecule has 4 nitrogen and oxygen atoms in total. The Labute approximate surface area is 89.5 Å². The van der Waals surface area contributed by atoms with E-state index in [1.54, 1.807) is 12.1 Å². The van der Waals surface area contributed by atoms with Crippen molar-refractivity contribution in [3.63, 3.8) is 0 Å². The largest absolute Gasteiger partial charge is 0.399 e. The molecular weight excluding hydrogens is 192 g/mol. The SMILES string of the molecule is Cc1cc(N)cc(C(O)C(O)CCN)c1. The first-order valence-corrected chi connectivity index (χ1v) is 4.98. The zero-order valence-electron chi connectivity index (χ0n) is 8.85. The monoisotopic (exact) mass is 210 g/mol. The van der Waals surface area contributed by atoms with Crippen LogP contribution >= 0.6 is 0 Å². The summed E-state index contributed by atoms with van der Waals surface area (Å²) in [5.74, 6) is 0. The molecule has 1 rings (SSSR count). The first-order valence-electron chi connectivity index (χ1n) is 4.98. The maximum atomic E-state index is 9.81. The summed E-state index contributed by atoms with van der Waals surface area (Å²) in [4.78, 5) is 0. The van der Waals surface area contributed by atoms with E-state index in [0.717, 1.165) is 5.56 Å². The molecule has 0 radical (unpaired) electrons. The second kappa shape index (κ2) is 5.11. The lowest BCUT2D eigenvalue weighted by atomic mass is 10.00. The molecule has 0 saturated carbocycles. The molecule has 0 bridgehead atoms. The summed E-state index contributed by atoms with van der Waals surface area (Å²) in [5, 5.41) is 19.4. The van der Waals surface area contributed by atoms with E-state index >= 15 is 0 Å². The van der Waals surface area contributed by atoms with Gasteiger partial charge in [0, 0.05) is 5.69 Å². The van der Waals surface area contributed by atoms with Crippen molar-refractivity contribution in [1.82, 2.24) is 0 Å². The van der Waals surface area contributed by atoms with E-state index in [1.165, 1.54) is 0 Å². The maximum absolute atomic E-state index is 9.81. The van der Waals surface area contributed by atoms with Gasteiger partial charge in [0.05, 0.1) is 6.10 Å². The van der Waals surface area contributed by atoms with Gasteiger partial charge < -0.3 is 21.7 Å². The highest BCUT2D eigenvalue weighted by atomic mass is 16.3. The van der Waals surface area contributed by atoms with Gasteiger partial charge in [-0.3, -0.25) is 0 Å². The number of benzene rings is 1. The molecule has 0 spiro atoms. The van der Waals surface area contributed by atoms with E-state index < -0.39 is 12.2 Å². The minimum absolute atomic E-state index is 0.347. The van der Waals surface area contributed by atoms with E-state index in [-0.39, 0.29) is 0 Å². The van der Waals surface area contributed by atoms with Gasteiger partial charge >= 0.3 is 0 Å². The number of aryl methyl sites for hydroxylation is 1. The van der Waals surface area contributed by atoms with Gasteiger partial charge in [0.1, 0.15) is 6.10 Å². The van der Waals surface area contributed by atoms with Crippen LogP contribution in [-0.2, 0) is 0 Å². The van der Waals surface area contributed by atoms with Crippen molar-refractivity contribution >= 4 is 5.69 Å². The van der Waals surface area contributed by atoms with Crippen LogP contribution in [0.25, 0.3) is 0 Å². The molecular formula is C11H18N2O2. The van der Waals surface area contributed by atoms with E-state index in [9.17, 15) is 10.2 Å². The second-order valence-corrected chi connectivity index (χ2v) is 3.77. The molecule has 0 heterocycles. The third-order valence-electron chi connectivity index (χ3n) is 2.29. The number of aliphatic hydroxyl groups is 2. The number of nitrogens with two attached hydrogens (primary N) is 2. The Morgan fingerprint density at radius 2 is 1.93 bits per heavy atom. The van der Waals surface area contributed by atoms with Gasteiger partial charge in [-0.05, 0) is 43.1 Å². The maximum Gasteiger partial charge on any atom is 0.105 e. The van der Waals surface area contributed by atoms with Crippen molar-refractivity contribution in [3.8, 4) is 0 Å². The smallest absolute Gasteiger partial charge is 0.105 e. The Kier molecular flexibility index (Phi) is 4.08. The Hall–Kier alpha value is -1.10. The average molecular weight is 210 g/mol. The fourth-order valence-electron chi connectivity index (χ4n) is 1.56. The Morgan fingerprint density at radius 1 is 1.27 bits per heavy atom. The number of aliphatic hydroxyl groups excluding tert-OH is 2. The van der Waals surface area contributed by atoms with E-state index in [0.29, 0.717) is 24.2 Å². The van der Waals surface area contributed by atoms with Crippen LogP contribution in [0.3, 0.4) is 0 Å². The van der Waals surface area contributed by atoms with Crippen LogP contribution < -0.4 is 11.5 Å². The van der Waals surface area contributed by atoms with Crippen molar-refractivity contribution in [2.75, 3.05) is 12.3 Å². The highest BCUT2D eigenvalue weighted by molar-refractivity contribution is 5.45. The molecule has 0 fully saturated rings. The molecule has 0 amide bonds. The van der Waals surface area contributed by atoms with Crippen molar-refractivity contribution < 1.29 is 10.2 Å². The molecule has 0 aliphatic carbocycles. The summed E-state index contributed by atoms with van der Waals surface area (Å²) in [5.41, 5.74) is 13.1. The normalized spacial score (nSPS) is 14.9. The number of hydrogen-bond donors (Lipinski definition) is 4. The molecule has 1 aromatic rings.